The molecule has 3 N–H and O–H groups in total. The Kier molecular flexibility index (Phi) is 5.60. The van der Waals surface area contributed by atoms with Crippen molar-refractivity contribution in [2.24, 2.45) is 17.8 Å². The molecule has 24 heavy (non-hydrogen) atoms. The zero-order valence-corrected chi connectivity index (χ0v) is 16.0. The van der Waals surface area contributed by atoms with Crippen LogP contribution in [0.3, 0.4) is 0 Å². The molecule has 3 nitrogen and oxygen atoms in total. The fraction of sp³-hybridized carbons (Fsp3) is 0.700. The van der Waals surface area contributed by atoms with Crippen molar-refractivity contribution < 1.29 is 9.11 Å². The molecular weight excluding hydrogens is 318 g/mol. The summed E-state index contributed by atoms with van der Waals surface area (Å²) >= 11 is 0. The molecule has 0 aromatic heterocycles. The van der Waals surface area contributed by atoms with E-state index in [0.717, 1.165) is 12.0 Å². The fourth-order valence-electron chi connectivity index (χ4n) is 4.89. The summed E-state index contributed by atoms with van der Waals surface area (Å²) in [4.78, 5) is 0. The lowest BCUT2D eigenvalue weighted by atomic mass is 9.68. The van der Waals surface area contributed by atoms with Crippen molar-refractivity contribution in [2.75, 3.05) is 0 Å². The highest BCUT2D eigenvalue weighted by Gasteiger charge is 2.45. The monoisotopic (exact) mass is 351 g/mol. The van der Waals surface area contributed by atoms with Gasteiger partial charge in [0.25, 0.3) is 0 Å². The first kappa shape index (κ1) is 18.2. The quantitative estimate of drug-likeness (QED) is 0.657. The lowest BCUT2D eigenvalue weighted by Crippen LogP contribution is -2.57. The zero-order valence-electron chi connectivity index (χ0n) is 15.2. The minimum absolute atomic E-state index is 0.184. The molecule has 1 heterocycles. The Morgan fingerprint density at radius 3 is 2.58 bits per heavy atom. The van der Waals surface area contributed by atoms with Crippen LogP contribution in [-0.4, -0.2) is 20.5 Å². The van der Waals surface area contributed by atoms with Crippen LogP contribution in [-0.2, 0) is 0 Å². The van der Waals surface area contributed by atoms with Gasteiger partial charge in [0, 0.05) is 6.04 Å². The minimum Gasteiger partial charge on any atom is -0.297 e. The van der Waals surface area contributed by atoms with E-state index in [1.165, 1.54) is 25.7 Å². The van der Waals surface area contributed by atoms with E-state index in [0.29, 0.717) is 23.8 Å². The van der Waals surface area contributed by atoms with Gasteiger partial charge in [0.2, 0.25) is 0 Å². The molecule has 2 aliphatic rings. The van der Waals surface area contributed by atoms with E-state index in [2.05, 4.69) is 19.2 Å². The third-order valence-electron chi connectivity index (χ3n) is 6.51. The van der Waals surface area contributed by atoms with E-state index in [1.807, 2.05) is 37.3 Å². The van der Waals surface area contributed by atoms with E-state index in [-0.39, 0.29) is 10.6 Å². The van der Waals surface area contributed by atoms with Gasteiger partial charge >= 0.3 is 0 Å². The smallest absolute Gasteiger partial charge is 0.0988 e. The van der Waals surface area contributed by atoms with E-state index in [1.54, 1.807) is 0 Å². The lowest BCUT2D eigenvalue weighted by molar-refractivity contribution is 0.0876. The number of rotatable bonds is 4. The van der Waals surface area contributed by atoms with Crippen LogP contribution in [0.15, 0.2) is 30.3 Å². The molecule has 3 rings (SSSR count). The van der Waals surface area contributed by atoms with Crippen molar-refractivity contribution in [1.29, 1.82) is 0 Å². The molecule has 0 bridgehead atoms. The van der Waals surface area contributed by atoms with Gasteiger partial charge in [-0.15, -0.1) is 0 Å². The van der Waals surface area contributed by atoms with Gasteiger partial charge in [-0.1, -0.05) is 57.0 Å². The maximum absolute atomic E-state index is 11.1. The highest BCUT2D eigenvalue weighted by atomic mass is 32.3. The molecular formula is C20H33NO2S. The number of nitrogens with one attached hydrogen (secondary N) is 1. The Labute approximate surface area is 148 Å². The van der Waals surface area contributed by atoms with Crippen molar-refractivity contribution in [3.63, 3.8) is 0 Å². The summed E-state index contributed by atoms with van der Waals surface area (Å²) in [6, 6.07) is 10.4. The molecule has 4 heteroatoms. The van der Waals surface area contributed by atoms with Crippen LogP contribution in [0.4, 0.5) is 0 Å². The van der Waals surface area contributed by atoms with Crippen molar-refractivity contribution in [2.45, 2.75) is 69.5 Å². The van der Waals surface area contributed by atoms with Crippen molar-refractivity contribution in [1.82, 2.24) is 5.32 Å². The van der Waals surface area contributed by atoms with Crippen LogP contribution in [0, 0.1) is 17.8 Å². The maximum atomic E-state index is 11.1. The number of benzene rings is 1. The Hall–Kier alpha value is -0.550. The predicted octanol–water partition coefficient (Wildman–Crippen LogP) is 5.65. The Balaban J connectivity index is 1.80. The van der Waals surface area contributed by atoms with Gasteiger partial charge in [-0.05, 0) is 49.5 Å². The van der Waals surface area contributed by atoms with Gasteiger partial charge < -0.3 is 0 Å². The molecule has 1 aliphatic heterocycles. The second-order valence-electron chi connectivity index (χ2n) is 7.85. The summed E-state index contributed by atoms with van der Waals surface area (Å²) in [6.07, 6.45) is 5.94. The van der Waals surface area contributed by atoms with Gasteiger partial charge in [-0.3, -0.25) is 14.4 Å². The number of hydrogen-bond donors (Lipinski definition) is 3. The third-order valence-corrected chi connectivity index (χ3v) is 8.99. The maximum Gasteiger partial charge on any atom is 0.0988 e. The topological polar surface area (TPSA) is 52.5 Å². The molecule has 6 atom stereocenters. The van der Waals surface area contributed by atoms with Crippen LogP contribution < -0.4 is 5.32 Å². The Morgan fingerprint density at radius 2 is 1.92 bits per heavy atom. The average molecular weight is 352 g/mol. The summed E-state index contributed by atoms with van der Waals surface area (Å²) in [5.74, 6) is 1.93. The van der Waals surface area contributed by atoms with Gasteiger partial charge in [-0.2, -0.15) is 10.6 Å². The molecule has 6 unspecified atom stereocenters. The van der Waals surface area contributed by atoms with Crippen LogP contribution in [0.5, 0.6) is 0 Å². The second kappa shape index (κ2) is 7.36. The first-order valence-corrected chi connectivity index (χ1v) is 11.2. The zero-order chi connectivity index (χ0) is 17.3. The standard InChI is InChI=1S/C20H33NO2S/c1-4-16-11-8-12-18-14(2)13-19(21-20(16)18)24(22,23)15(3)17-9-6-5-7-10-17/h5-7,9-10,14-16,18-23H,4,8,11-13H2,1-3H3. The molecule has 0 spiro atoms. The molecule has 0 radical (unpaired) electrons. The van der Waals surface area contributed by atoms with E-state index in [9.17, 15) is 9.11 Å². The van der Waals surface area contributed by atoms with Gasteiger partial charge in [0.1, 0.15) is 0 Å². The van der Waals surface area contributed by atoms with E-state index < -0.39 is 10.6 Å². The Bertz CT molecular complexity index is 536. The molecule has 0 amide bonds. The highest BCUT2D eigenvalue weighted by molar-refractivity contribution is 8.25. The third kappa shape index (κ3) is 3.39. The predicted molar refractivity (Wildman–Crippen MR) is 103 cm³/mol. The van der Waals surface area contributed by atoms with Gasteiger partial charge in [0.05, 0.1) is 10.6 Å². The van der Waals surface area contributed by atoms with Gasteiger partial charge in [0.15, 0.2) is 0 Å². The number of fused-ring (bicyclic) bond motifs is 1. The van der Waals surface area contributed by atoms with Crippen LogP contribution in [0.2, 0.25) is 0 Å². The van der Waals surface area contributed by atoms with Crippen LogP contribution in [0.1, 0.15) is 63.7 Å². The summed E-state index contributed by atoms with van der Waals surface area (Å²) in [7, 11) is -2.74. The molecule has 1 saturated carbocycles. The minimum atomic E-state index is -2.74. The van der Waals surface area contributed by atoms with Crippen LogP contribution >= 0.6 is 10.6 Å². The van der Waals surface area contributed by atoms with Crippen molar-refractivity contribution in [3.8, 4) is 0 Å². The molecule has 1 aromatic carbocycles. The molecule has 136 valence electrons. The summed E-state index contributed by atoms with van der Waals surface area (Å²) < 4.78 is 22.2. The van der Waals surface area contributed by atoms with Crippen molar-refractivity contribution >= 4 is 10.6 Å². The molecule has 1 aromatic rings. The SMILES string of the molecule is CCC1CCCC2C(C)CC(S(O)(O)C(C)c3ccccc3)NC12. The van der Waals surface area contributed by atoms with Crippen molar-refractivity contribution in [3.05, 3.63) is 35.9 Å². The lowest BCUT2D eigenvalue weighted by Gasteiger charge is -2.54. The Morgan fingerprint density at radius 1 is 1.21 bits per heavy atom. The first-order chi connectivity index (χ1) is 11.4. The summed E-state index contributed by atoms with van der Waals surface area (Å²) in [5.41, 5.74) is 1.02. The molecule has 2 fully saturated rings. The van der Waals surface area contributed by atoms with Gasteiger partial charge in [-0.25, -0.2) is 0 Å². The van der Waals surface area contributed by atoms with E-state index >= 15 is 0 Å². The molecule has 1 saturated heterocycles. The van der Waals surface area contributed by atoms with Crippen LogP contribution in [0.25, 0.3) is 0 Å². The van der Waals surface area contributed by atoms with E-state index in [4.69, 9.17) is 0 Å². The normalized spacial score (nSPS) is 36.0. The number of piperidine rings is 1. The highest BCUT2D eigenvalue weighted by Crippen LogP contribution is 2.59. The molecule has 1 aliphatic carbocycles. The average Bonchev–Trinajstić information content (AvgIpc) is 2.61. The first-order valence-electron chi connectivity index (χ1n) is 9.52. The largest absolute Gasteiger partial charge is 0.297 e. The number of hydrogen-bond acceptors (Lipinski definition) is 3. The summed E-state index contributed by atoms with van der Waals surface area (Å²) in [5, 5.41) is 3.30. The fourth-order valence-corrected chi connectivity index (χ4v) is 6.88. The second-order valence-corrected chi connectivity index (χ2v) is 10.4. The summed E-state index contributed by atoms with van der Waals surface area (Å²) in [6.45, 7) is 6.54.